The summed E-state index contributed by atoms with van der Waals surface area (Å²) in [5.74, 6) is -0.578. The Labute approximate surface area is 153 Å². The number of rotatable bonds is 3. The van der Waals surface area contributed by atoms with Crippen LogP contribution in [0, 0.1) is 15.9 Å². The normalized spacial score (nSPS) is 13.0. The minimum absolute atomic E-state index is 0.147. The highest BCUT2D eigenvalue weighted by atomic mass is 19.1. The summed E-state index contributed by atoms with van der Waals surface area (Å²) in [6, 6.07) is 11.2. The van der Waals surface area contributed by atoms with Crippen molar-refractivity contribution in [2.75, 3.05) is 5.32 Å². The van der Waals surface area contributed by atoms with Crippen molar-refractivity contribution < 1.29 is 14.1 Å². The Morgan fingerprint density at radius 2 is 1.78 bits per heavy atom. The maximum atomic E-state index is 13.5. The van der Waals surface area contributed by atoms with E-state index in [1.165, 1.54) is 18.2 Å². The Bertz CT molecular complexity index is 1080. The number of carbonyl (C=O) groups is 1. The van der Waals surface area contributed by atoms with Gasteiger partial charge >= 0.3 is 0 Å². The Kier molecular flexibility index (Phi) is 4.12. The molecule has 0 saturated carbocycles. The van der Waals surface area contributed by atoms with E-state index in [0.717, 1.165) is 5.56 Å². The summed E-state index contributed by atoms with van der Waals surface area (Å²) in [5.41, 5.74) is 3.52. The molecule has 2 heterocycles. The number of pyridine rings is 1. The molecule has 2 aromatic carbocycles. The number of nitro groups is 1. The number of amides is 1. The van der Waals surface area contributed by atoms with E-state index in [2.05, 4.69) is 10.3 Å². The van der Waals surface area contributed by atoms with Gasteiger partial charge in [0.15, 0.2) is 0 Å². The number of benzene rings is 2. The van der Waals surface area contributed by atoms with Crippen molar-refractivity contribution in [2.24, 2.45) is 0 Å². The molecular formula is C20H14FN3O3. The van der Waals surface area contributed by atoms with Crippen LogP contribution in [-0.4, -0.2) is 15.8 Å². The lowest BCUT2D eigenvalue weighted by atomic mass is 9.95. The summed E-state index contributed by atoms with van der Waals surface area (Å²) in [4.78, 5) is 26.8. The van der Waals surface area contributed by atoms with Crippen LogP contribution in [0.3, 0.4) is 0 Å². The highest BCUT2D eigenvalue weighted by Gasteiger charge is 2.25. The standard InChI is InChI=1S/C20H14FN3O3/c21-17-3-1-2-12(8-17)15-7-16(11-22-10-15)14-6-13-4-5-19(25)23-20(13)18(9-14)24(26)27/h1-3,6-11H,4-5H2,(H,23,25). The second kappa shape index (κ2) is 6.60. The zero-order valence-corrected chi connectivity index (χ0v) is 14.1. The van der Waals surface area contributed by atoms with E-state index in [0.29, 0.717) is 28.7 Å². The van der Waals surface area contributed by atoms with Crippen LogP contribution in [0.5, 0.6) is 0 Å². The molecule has 0 fully saturated rings. The van der Waals surface area contributed by atoms with Crippen molar-refractivity contribution in [2.45, 2.75) is 12.8 Å². The molecular weight excluding hydrogens is 349 g/mol. The van der Waals surface area contributed by atoms with Crippen LogP contribution in [0.2, 0.25) is 0 Å². The van der Waals surface area contributed by atoms with Gasteiger partial charge in [-0.1, -0.05) is 12.1 Å². The van der Waals surface area contributed by atoms with Crippen molar-refractivity contribution in [1.82, 2.24) is 4.98 Å². The van der Waals surface area contributed by atoms with Crippen molar-refractivity contribution in [1.29, 1.82) is 0 Å². The smallest absolute Gasteiger partial charge is 0.293 e. The number of anilines is 1. The molecule has 0 spiro atoms. The van der Waals surface area contributed by atoms with Crippen molar-refractivity contribution in [3.63, 3.8) is 0 Å². The maximum Gasteiger partial charge on any atom is 0.293 e. The third kappa shape index (κ3) is 3.27. The second-order valence-corrected chi connectivity index (χ2v) is 6.31. The fourth-order valence-electron chi connectivity index (χ4n) is 3.21. The number of carbonyl (C=O) groups excluding carboxylic acids is 1. The number of aryl methyl sites for hydroxylation is 1. The molecule has 0 unspecified atom stereocenters. The second-order valence-electron chi connectivity index (χ2n) is 6.31. The number of nitro benzene ring substituents is 1. The first-order chi connectivity index (χ1) is 13.0. The Balaban J connectivity index is 1.82. The van der Waals surface area contributed by atoms with Gasteiger partial charge in [-0.3, -0.25) is 19.9 Å². The maximum absolute atomic E-state index is 13.5. The summed E-state index contributed by atoms with van der Waals surface area (Å²) in [7, 11) is 0. The van der Waals surface area contributed by atoms with E-state index in [9.17, 15) is 19.3 Å². The van der Waals surface area contributed by atoms with Crippen LogP contribution in [0.4, 0.5) is 15.8 Å². The molecule has 27 heavy (non-hydrogen) atoms. The number of hydrogen-bond acceptors (Lipinski definition) is 4. The molecule has 0 radical (unpaired) electrons. The Morgan fingerprint density at radius 3 is 2.52 bits per heavy atom. The minimum atomic E-state index is -0.502. The molecule has 0 atom stereocenters. The van der Waals surface area contributed by atoms with E-state index in [-0.39, 0.29) is 29.5 Å². The van der Waals surface area contributed by atoms with Crippen LogP contribution in [0.15, 0.2) is 54.9 Å². The molecule has 0 aliphatic carbocycles. The molecule has 1 amide bonds. The number of fused-ring (bicyclic) bond motifs is 1. The molecule has 0 saturated heterocycles. The number of aromatic nitrogens is 1. The molecule has 0 bridgehead atoms. The Morgan fingerprint density at radius 1 is 1.00 bits per heavy atom. The molecule has 6 nitrogen and oxygen atoms in total. The van der Waals surface area contributed by atoms with Crippen molar-refractivity contribution >= 4 is 17.3 Å². The number of nitrogens with zero attached hydrogens (tertiary/aromatic N) is 2. The average Bonchev–Trinajstić information content (AvgIpc) is 2.67. The molecule has 1 aromatic heterocycles. The highest BCUT2D eigenvalue weighted by Crippen LogP contribution is 2.37. The van der Waals surface area contributed by atoms with E-state index < -0.39 is 4.92 Å². The molecule has 134 valence electrons. The fourth-order valence-corrected chi connectivity index (χ4v) is 3.21. The molecule has 1 aliphatic heterocycles. The van der Waals surface area contributed by atoms with Gasteiger partial charge in [0.05, 0.1) is 4.92 Å². The molecule has 1 aliphatic rings. The first-order valence-corrected chi connectivity index (χ1v) is 8.34. The van der Waals surface area contributed by atoms with E-state index >= 15 is 0 Å². The van der Waals surface area contributed by atoms with Crippen LogP contribution < -0.4 is 5.32 Å². The van der Waals surface area contributed by atoms with Gasteiger partial charge in [-0.15, -0.1) is 0 Å². The molecule has 4 rings (SSSR count). The first-order valence-electron chi connectivity index (χ1n) is 8.34. The number of nitrogens with one attached hydrogen (secondary N) is 1. The summed E-state index contributed by atoms with van der Waals surface area (Å²) in [6.45, 7) is 0. The predicted octanol–water partition coefficient (Wildman–Crippen LogP) is 4.35. The quantitative estimate of drug-likeness (QED) is 0.554. The topological polar surface area (TPSA) is 85.1 Å². The summed E-state index contributed by atoms with van der Waals surface area (Å²) in [5, 5.41) is 14.1. The van der Waals surface area contributed by atoms with E-state index in [1.807, 2.05) is 12.1 Å². The van der Waals surface area contributed by atoms with Crippen LogP contribution in [0.25, 0.3) is 22.3 Å². The van der Waals surface area contributed by atoms with Gasteiger partial charge in [-0.2, -0.15) is 0 Å². The third-order valence-corrected chi connectivity index (χ3v) is 4.51. The van der Waals surface area contributed by atoms with Gasteiger partial charge in [0.25, 0.3) is 5.69 Å². The number of hydrogen-bond donors (Lipinski definition) is 1. The minimum Gasteiger partial charge on any atom is -0.320 e. The first kappa shape index (κ1) is 16.8. The average molecular weight is 363 g/mol. The summed E-state index contributed by atoms with van der Waals surface area (Å²) in [6.07, 6.45) is 3.95. The van der Waals surface area contributed by atoms with Gasteiger partial charge in [-0.05, 0) is 47.4 Å². The lowest BCUT2D eigenvalue weighted by molar-refractivity contribution is -0.383. The molecule has 1 N–H and O–H groups in total. The van der Waals surface area contributed by atoms with E-state index in [4.69, 9.17) is 0 Å². The lowest BCUT2D eigenvalue weighted by Gasteiger charge is -2.18. The van der Waals surface area contributed by atoms with E-state index in [1.54, 1.807) is 24.5 Å². The van der Waals surface area contributed by atoms with Crippen LogP contribution in [0.1, 0.15) is 12.0 Å². The SMILES string of the molecule is O=C1CCc2cc(-c3cncc(-c4cccc(F)c4)c3)cc([N+](=O)[O-])c2N1. The monoisotopic (exact) mass is 363 g/mol. The van der Waals surface area contributed by atoms with Gasteiger partial charge in [0.2, 0.25) is 5.91 Å². The van der Waals surface area contributed by atoms with Gasteiger partial charge in [-0.25, -0.2) is 4.39 Å². The lowest BCUT2D eigenvalue weighted by Crippen LogP contribution is -2.20. The van der Waals surface area contributed by atoms with Gasteiger partial charge in [0, 0.05) is 36.0 Å². The van der Waals surface area contributed by atoms with Crippen molar-refractivity contribution in [3.05, 3.63) is 76.4 Å². The predicted molar refractivity (Wildman–Crippen MR) is 98.7 cm³/mol. The van der Waals surface area contributed by atoms with Crippen LogP contribution in [-0.2, 0) is 11.2 Å². The number of halogens is 1. The third-order valence-electron chi connectivity index (χ3n) is 4.51. The van der Waals surface area contributed by atoms with Crippen molar-refractivity contribution in [3.8, 4) is 22.3 Å². The summed E-state index contributed by atoms with van der Waals surface area (Å²) >= 11 is 0. The zero-order chi connectivity index (χ0) is 19.0. The Hall–Kier alpha value is -3.61. The highest BCUT2D eigenvalue weighted by molar-refractivity contribution is 5.97. The molecule has 3 aromatic rings. The fraction of sp³-hybridized carbons (Fsp3) is 0.100. The largest absolute Gasteiger partial charge is 0.320 e. The molecule has 7 heteroatoms. The van der Waals surface area contributed by atoms with Gasteiger partial charge < -0.3 is 5.32 Å². The summed E-state index contributed by atoms with van der Waals surface area (Å²) < 4.78 is 13.5. The van der Waals surface area contributed by atoms with Gasteiger partial charge in [0.1, 0.15) is 11.5 Å². The zero-order valence-electron chi connectivity index (χ0n) is 14.1. The van der Waals surface area contributed by atoms with Crippen LogP contribution >= 0.6 is 0 Å².